The Morgan fingerprint density at radius 3 is 2.70 bits per heavy atom. The average molecular weight is 340 g/mol. The number of methoxy groups -OCH3 is 1. The summed E-state index contributed by atoms with van der Waals surface area (Å²) in [6.45, 7) is 0. The Morgan fingerprint density at radius 2 is 2.10 bits per heavy atom. The van der Waals surface area contributed by atoms with Crippen molar-refractivity contribution in [3.05, 3.63) is 45.0 Å². The van der Waals surface area contributed by atoms with E-state index in [0.717, 1.165) is 0 Å². The van der Waals surface area contributed by atoms with Crippen molar-refractivity contribution in [1.29, 1.82) is 0 Å². The zero-order valence-corrected chi connectivity index (χ0v) is 12.0. The van der Waals surface area contributed by atoms with Crippen molar-refractivity contribution in [2.75, 3.05) is 12.8 Å². The van der Waals surface area contributed by atoms with E-state index in [4.69, 9.17) is 15.2 Å². The number of nitrogens with zero attached hydrogens (tertiary/aromatic N) is 2. The Bertz CT molecular complexity index is 663. The van der Waals surface area contributed by atoms with Crippen LogP contribution in [-0.4, -0.2) is 17.0 Å². The van der Waals surface area contributed by atoms with E-state index < -0.39 is 4.92 Å². The van der Waals surface area contributed by atoms with Crippen molar-refractivity contribution in [2.24, 2.45) is 0 Å². The van der Waals surface area contributed by atoms with Crippen LogP contribution in [0, 0.1) is 10.1 Å². The average Bonchev–Trinajstić information content (AvgIpc) is 2.41. The van der Waals surface area contributed by atoms with E-state index in [9.17, 15) is 10.1 Å². The lowest BCUT2D eigenvalue weighted by molar-refractivity contribution is -0.384. The Hall–Kier alpha value is -2.35. The molecule has 1 aromatic heterocycles. The van der Waals surface area contributed by atoms with Crippen LogP contribution in [0.5, 0.6) is 17.4 Å². The molecule has 2 aromatic rings. The predicted octanol–water partition coefficient (Wildman–Crippen LogP) is 3.14. The number of non-ortho nitro benzene ring substituents is 1. The zero-order chi connectivity index (χ0) is 14.7. The molecule has 20 heavy (non-hydrogen) atoms. The number of hydrogen-bond acceptors (Lipinski definition) is 6. The predicted molar refractivity (Wildman–Crippen MR) is 76.1 cm³/mol. The lowest BCUT2D eigenvalue weighted by Gasteiger charge is -2.10. The summed E-state index contributed by atoms with van der Waals surface area (Å²) in [5.74, 6) is 0.791. The Morgan fingerprint density at radius 1 is 1.35 bits per heavy atom. The first-order valence-electron chi connectivity index (χ1n) is 5.42. The number of rotatable bonds is 4. The van der Waals surface area contributed by atoms with E-state index in [-0.39, 0.29) is 17.3 Å². The van der Waals surface area contributed by atoms with Gasteiger partial charge in [0.25, 0.3) is 5.69 Å². The van der Waals surface area contributed by atoms with Crippen LogP contribution >= 0.6 is 15.9 Å². The minimum atomic E-state index is -0.516. The van der Waals surface area contributed by atoms with Crippen molar-refractivity contribution in [3.63, 3.8) is 0 Å². The highest BCUT2D eigenvalue weighted by Crippen LogP contribution is 2.36. The van der Waals surface area contributed by atoms with E-state index in [1.165, 1.54) is 31.5 Å². The number of anilines is 1. The van der Waals surface area contributed by atoms with E-state index in [1.807, 2.05) is 0 Å². The van der Waals surface area contributed by atoms with Crippen molar-refractivity contribution in [2.45, 2.75) is 0 Å². The second kappa shape index (κ2) is 5.74. The van der Waals surface area contributed by atoms with Gasteiger partial charge in [-0.15, -0.1) is 0 Å². The Labute approximate surface area is 122 Å². The van der Waals surface area contributed by atoms with Gasteiger partial charge in [-0.1, -0.05) is 0 Å². The van der Waals surface area contributed by atoms with Crippen LogP contribution in [0.3, 0.4) is 0 Å². The van der Waals surface area contributed by atoms with Gasteiger partial charge in [0.15, 0.2) is 11.5 Å². The van der Waals surface area contributed by atoms with E-state index in [0.29, 0.717) is 15.9 Å². The normalized spacial score (nSPS) is 10.1. The molecular formula is C12H10BrN3O4. The number of ether oxygens (including phenoxy) is 2. The molecule has 1 aromatic carbocycles. The van der Waals surface area contributed by atoms with Crippen LogP contribution in [0.1, 0.15) is 0 Å². The van der Waals surface area contributed by atoms with Crippen LogP contribution in [0.2, 0.25) is 0 Å². The number of nitro benzene ring substituents is 1. The number of nitrogen functional groups attached to an aromatic ring is 1. The van der Waals surface area contributed by atoms with Crippen molar-refractivity contribution < 1.29 is 14.4 Å². The van der Waals surface area contributed by atoms with Gasteiger partial charge in [0.05, 0.1) is 34.5 Å². The molecule has 0 bridgehead atoms. The number of hydrogen-bond donors (Lipinski definition) is 1. The fourth-order valence-corrected chi connectivity index (χ4v) is 1.93. The highest BCUT2D eigenvalue weighted by atomic mass is 79.9. The third-order valence-corrected chi connectivity index (χ3v) is 2.96. The standard InChI is InChI=1S/C12H10BrN3O4/c1-19-10-3-2-8(16(17)18)5-11(10)20-12-9(13)4-7(14)6-15-12/h2-6H,14H2,1H3. The smallest absolute Gasteiger partial charge is 0.273 e. The quantitative estimate of drug-likeness (QED) is 0.678. The summed E-state index contributed by atoms with van der Waals surface area (Å²) in [7, 11) is 1.44. The van der Waals surface area contributed by atoms with Gasteiger partial charge in [-0.25, -0.2) is 4.98 Å². The second-order valence-electron chi connectivity index (χ2n) is 3.75. The van der Waals surface area contributed by atoms with Gasteiger partial charge < -0.3 is 15.2 Å². The highest BCUT2D eigenvalue weighted by molar-refractivity contribution is 9.10. The van der Waals surface area contributed by atoms with Crippen LogP contribution in [0.25, 0.3) is 0 Å². The topological polar surface area (TPSA) is 101 Å². The van der Waals surface area contributed by atoms with Crippen LogP contribution in [0.4, 0.5) is 11.4 Å². The molecule has 0 saturated heterocycles. The van der Waals surface area contributed by atoms with Crippen LogP contribution in [0.15, 0.2) is 34.9 Å². The molecule has 0 aliphatic rings. The van der Waals surface area contributed by atoms with Crippen LogP contribution < -0.4 is 15.2 Å². The summed E-state index contributed by atoms with van der Waals surface area (Å²) >= 11 is 3.26. The summed E-state index contributed by atoms with van der Waals surface area (Å²) in [6, 6.07) is 5.67. The molecule has 0 saturated carbocycles. The molecule has 7 nitrogen and oxygen atoms in total. The third-order valence-electron chi connectivity index (χ3n) is 2.39. The van der Waals surface area contributed by atoms with E-state index in [2.05, 4.69) is 20.9 Å². The number of nitrogens with two attached hydrogens (primary N) is 1. The molecule has 0 atom stereocenters. The maximum atomic E-state index is 10.8. The Kier molecular flexibility index (Phi) is 4.04. The maximum Gasteiger partial charge on any atom is 0.273 e. The van der Waals surface area contributed by atoms with Gasteiger partial charge in [-0.2, -0.15) is 0 Å². The SMILES string of the molecule is COc1ccc([N+](=O)[O-])cc1Oc1ncc(N)cc1Br. The first kappa shape index (κ1) is 14.1. The van der Waals surface area contributed by atoms with Gasteiger partial charge in [0.2, 0.25) is 5.88 Å². The molecule has 0 amide bonds. The highest BCUT2D eigenvalue weighted by Gasteiger charge is 2.15. The number of nitro groups is 1. The molecule has 104 valence electrons. The van der Waals surface area contributed by atoms with Gasteiger partial charge in [-0.3, -0.25) is 10.1 Å². The summed E-state index contributed by atoms with van der Waals surface area (Å²) in [5.41, 5.74) is 5.94. The molecule has 2 rings (SSSR count). The molecule has 0 aliphatic heterocycles. The molecule has 0 spiro atoms. The van der Waals surface area contributed by atoms with Crippen LogP contribution in [-0.2, 0) is 0 Å². The number of aromatic nitrogens is 1. The lowest BCUT2D eigenvalue weighted by Crippen LogP contribution is -1.96. The summed E-state index contributed by atoms with van der Waals surface area (Å²) < 4.78 is 11.2. The Balaban J connectivity index is 2.40. The van der Waals surface area contributed by atoms with Gasteiger partial charge >= 0.3 is 0 Å². The molecule has 0 aliphatic carbocycles. The molecule has 2 N–H and O–H groups in total. The maximum absolute atomic E-state index is 10.8. The molecule has 1 heterocycles. The van der Waals surface area contributed by atoms with Gasteiger partial charge in [-0.05, 0) is 28.1 Å². The monoisotopic (exact) mass is 339 g/mol. The van der Waals surface area contributed by atoms with E-state index >= 15 is 0 Å². The first-order chi connectivity index (χ1) is 9.51. The molecule has 0 fully saturated rings. The largest absolute Gasteiger partial charge is 0.493 e. The summed E-state index contributed by atoms with van der Waals surface area (Å²) in [4.78, 5) is 14.3. The molecule has 0 unspecified atom stereocenters. The lowest BCUT2D eigenvalue weighted by atomic mass is 10.3. The summed E-state index contributed by atoms with van der Waals surface area (Å²) in [5, 5.41) is 10.8. The van der Waals surface area contributed by atoms with Crippen molar-refractivity contribution in [3.8, 4) is 17.4 Å². The fourth-order valence-electron chi connectivity index (χ4n) is 1.48. The number of pyridine rings is 1. The van der Waals surface area contributed by atoms with Crippen molar-refractivity contribution >= 4 is 27.3 Å². The number of benzene rings is 1. The van der Waals surface area contributed by atoms with Gasteiger partial charge in [0.1, 0.15) is 0 Å². The van der Waals surface area contributed by atoms with E-state index in [1.54, 1.807) is 6.07 Å². The fraction of sp³-hybridized carbons (Fsp3) is 0.0833. The van der Waals surface area contributed by atoms with Crippen molar-refractivity contribution in [1.82, 2.24) is 4.98 Å². The summed E-state index contributed by atoms with van der Waals surface area (Å²) in [6.07, 6.45) is 1.42. The molecule has 8 heteroatoms. The number of halogens is 1. The third kappa shape index (κ3) is 2.97. The zero-order valence-electron chi connectivity index (χ0n) is 10.4. The second-order valence-corrected chi connectivity index (χ2v) is 4.60. The minimum Gasteiger partial charge on any atom is -0.493 e. The molecule has 0 radical (unpaired) electrons. The van der Waals surface area contributed by atoms with Gasteiger partial charge in [0, 0.05) is 6.07 Å². The first-order valence-corrected chi connectivity index (χ1v) is 6.22. The minimum absolute atomic E-state index is 0.104. The molecular weight excluding hydrogens is 330 g/mol.